The van der Waals surface area contributed by atoms with Crippen LogP contribution in [0.15, 0.2) is 31.0 Å². The first kappa shape index (κ1) is 8.12. The first-order chi connectivity index (χ1) is 7.93. The molecule has 0 amide bonds. The van der Waals surface area contributed by atoms with E-state index < -0.39 is 0 Å². The minimum atomic E-state index is 0.841. The molecular formula is C10H5N5S. The largest absolute Gasteiger partial charge is 0.271 e. The van der Waals surface area contributed by atoms with Crippen molar-refractivity contribution in [3.63, 3.8) is 0 Å². The molecule has 0 spiro atoms. The molecule has 5 nitrogen and oxygen atoms in total. The summed E-state index contributed by atoms with van der Waals surface area (Å²) >= 11 is 1.60. The zero-order chi connectivity index (χ0) is 10.5. The van der Waals surface area contributed by atoms with E-state index in [4.69, 9.17) is 0 Å². The second-order valence-electron chi connectivity index (χ2n) is 3.44. The van der Waals surface area contributed by atoms with E-state index in [9.17, 15) is 0 Å². The maximum absolute atomic E-state index is 4.42. The lowest BCUT2D eigenvalue weighted by Crippen LogP contribution is -1.85. The molecule has 4 aromatic heterocycles. The summed E-state index contributed by atoms with van der Waals surface area (Å²) in [5.41, 5.74) is 1.79. The minimum Gasteiger partial charge on any atom is -0.271 e. The van der Waals surface area contributed by atoms with Crippen molar-refractivity contribution in [2.45, 2.75) is 0 Å². The summed E-state index contributed by atoms with van der Waals surface area (Å²) in [5.74, 6) is 0. The van der Waals surface area contributed by atoms with Crippen LogP contribution in [-0.4, -0.2) is 24.6 Å². The predicted molar refractivity (Wildman–Crippen MR) is 61.5 cm³/mol. The quantitative estimate of drug-likeness (QED) is 0.460. The second kappa shape index (κ2) is 2.73. The lowest BCUT2D eigenvalue weighted by Gasteiger charge is -1.91. The Balaban J connectivity index is 2.38. The highest BCUT2D eigenvalue weighted by molar-refractivity contribution is 7.26. The fourth-order valence-corrected chi connectivity index (χ4v) is 2.89. The summed E-state index contributed by atoms with van der Waals surface area (Å²) in [7, 11) is 0. The summed E-state index contributed by atoms with van der Waals surface area (Å²) in [6, 6.07) is 3.95. The summed E-state index contributed by atoms with van der Waals surface area (Å²) in [4.78, 5) is 9.74. The molecule has 0 fully saturated rings. The number of nitrogens with zero attached hydrogens (tertiary/aromatic N) is 5. The van der Waals surface area contributed by atoms with Crippen LogP contribution in [0.4, 0.5) is 0 Å². The number of aromatic nitrogens is 5. The van der Waals surface area contributed by atoms with Crippen molar-refractivity contribution in [3.05, 3.63) is 31.0 Å². The molecule has 0 atom stereocenters. The van der Waals surface area contributed by atoms with E-state index in [1.807, 2.05) is 16.5 Å². The topological polar surface area (TPSA) is 56.0 Å². The van der Waals surface area contributed by atoms with Crippen LogP contribution in [0.5, 0.6) is 0 Å². The number of pyridine rings is 1. The van der Waals surface area contributed by atoms with Crippen LogP contribution in [0, 0.1) is 0 Å². The van der Waals surface area contributed by atoms with Gasteiger partial charge in [0.25, 0.3) is 0 Å². The van der Waals surface area contributed by atoms with Gasteiger partial charge >= 0.3 is 0 Å². The maximum atomic E-state index is 4.42. The molecule has 6 heteroatoms. The van der Waals surface area contributed by atoms with Crippen molar-refractivity contribution in [2.24, 2.45) is 0 Å². The predicted octanol–water partition coefficient (Wildman–Crippen LogP) is 1.89. The van der Waals surface area contributed by atoms with Crippen LogP contribution < -0.4 is 0 Å². The Morgan fingerprint density at radius 2 is 2.19 bits per heavy atom. The van der Waals surface area contributed by atoms with Gasteiger partial charge in [-0.05, 0) is 12.1 Å². The molecule has 0 aromatic carbocycles. The molecule has 0 saturated carbocycles. The van der Waals surface area contributed by atoms with Gasteiger partial charge in [-0.1, -0.05) is 0 Å². The van der Waals surface area contributed by atoms with Gasteiger partial charge in [-0.25, -0.2) is 9.97 Å². The lowest BCUT2D eigenvalue weighted by atomic mass is 10.3. The van der Waals surface area contributed by atoms with Gasteiger partial charge in [0, 0.05) is 11.6 Å². The van der Waals surface area contributed by atoms with Gasteiger partial charge in [-0.2, -0.15) is 0 Å². The van der Waals surface area contributed by atoms with E-state index in [-0.39, 0.29) is 0 Å². The van der Waals surface area contributed by atoms with Crippen LogP contribution in [0.2, 0.25) is 0 Å². The van der Waals surface area contributed by atoms with Gasteiger partial charge in [0.2, 0.25) is 0 Å². The Labute approximate surface area is 93.4 Å². The molecule has 4 aromatic rings. The van der Waals surface area contributed by atoms with E-state index >= 15 is 0 Å². The highest BCUT2D eigenvalue weighted by Crippen LogP contribution is 2.32. The Hall–Kier alpha value is -2.08. The van der Waals surface area contributed by atoms with Crippen molar-refractivity contribution < 1.29 is 0 Å². The van der Waals surface area contributed by atoms with Crippen molar-refractivity contribution in [1.29, 1.82) is 0 Å². The zero-order valence-electron chi connectivity index (χ0n) is 8.03. The fourth-order valence-electron chi connectivity index (χ4n) is 1.81. The SMILES string of the molecule is c1cnc2sc3c(ncn4cnnc34)c2c1. The summed E-state index contributed by atoms with van der Waals surface area (Å²) in [6.07, 6.45) is 5.18. The van der Waals surface area contributed by atoms with E-state index in [0.717, 1.165) is 26.1 Å². The van der Waals surface area contributed by atoms with Crippen LogP contribution >= 0.6 is 11.3 Å². The monoisotopic (exact) mass is 227 g/mol. The molecule has 0 saturated heterocycles. The molecule has 4 heterocycles. The third-order valence-electron chi connectivity index (χ3n) is 2.53. The van der Waals surface area contributed by atoms with Gasteiger partial charge < -0.3 is 0 Å². The number of hydrogen-bond donors (Lipinski definition) is 0. The third kappa shape index (κ3) is 0.892. The molecule has 76 valence electrons. The van der Waals surface area contributed by atoms with Crippen LogP contribution in [0.1, 0.15) is 0 Å². The number of hydrogen-bond acceptors (Lipinski definition) is 5. The van der Waals surface area contributed by atoms with E-state index in [2.05, 4.69) is 20.2 Å². The highest BCUT2D eigenvalue weighted by Gasteiger charge is 2.11. The summed E-state index contributed by atoms with van der Waals surface area (Å²) in [6.45, 7) is 0. The molecule has 0 aliphatic rings. The van der Waals surface area contributed by atoms with Crippen molar-refractivity contribution in [1.82, 2.24) is 24.6 Å². The smallest absolute Gasteiger partial charge is 0.181 e. The molecular weight excluding hydrogens is 222 g/mol. The molecule has 0 unspecified atom stereocenters. The molecule has 0 N–H and O–H groups in total. The first-order valence-corrected chi connectivity index (χ1v) is 5.57. The average molecular weight is 227 g/mol. The molecule has 0 aliphatic heterocycles. The number of thiophene rings is 1. The van der Waals surface area contributed by atoms with E-state index in [1.54, 1.807) is 30.2 Å². The number of fused-ring (bicyclic) bond motifs is 5. The summed E-state index contributed by atoms with van der Waals surface area (Å²) in [5, 5.41) is 9.06. The Kier molecular flexibility index (Phi) is 1.39. The Morgan fingerprint density at radius 1 is 1.19 bits per heavy atom. The second-order valence-corrected chi connectivity index (χ2v) is 4.44. The summed E-state index contributed by atoms with van der Waals surface area (Å²) < 4.78 is 2.85. The van der Waals surface area contributed by atoms with E-state index in [1.165, 1.54) is 0 Å². The van der Waals surface area contributed by atoms with Crippen molar-refractivity contribution in [2.75, 3.05) is 0 Å². The van der Waals surface area contributed by atoms with Gasteiger partial charge in [-0.3, -0.25) is 4.40 Å². The minimum absolute atomic E-state index is 0.841. The van der Waals surface area contributed by atoms with Gasteiger partial charge in [0.15, 0.2) is 5.65 Å². The Morgan fingerprint density at radius 3 is 3.19 bits per heavy atom. The maximum Gasteiger partial charge on any atom is 0.181 e. The first-order valence-electron chi connectivity index (χ1n) is 4.75. The van der Waals surface area contributed by atoms with Crippen molar-refractivity contribution >= 4 is 37.4 Å². The van der Waals surface area contributed by atoms with Crippen LogP contribution in [0.3, 0.4) is 0 Å². The average Bonchev–Trinajstić information content (AvgIpc) is 2.92. The normalized spacial score (nSPS) is 11.8. The van der Waals surface area contributed by atoms with E-state index in [0.29, 0.717) is 0 Å². The molecule has 0 aliphatic carbocycles. The van der Waals surface area contributed by atoms with Gasteiger partial charge in [0.05, 0.1) is 5.52 Å². The molecule has 0 radical (unpaired) electrons. The lowest BCUT2D eigenvalue weighted by molar-refractivity contribution is 1.08. The molecule has 4 rings (SSSR count). The Bertz CT molecular complexity index is 816. The van der Waals surface area contributed by atoms with Gasteiger partial charge in [-0.15, -0.1) is 21.5 Å². The fraction of sp³-hybridized carbons (Fsp3) is 0. The third-order valence-corrected chi connectivity index (χ3v) is 3.63. The zero-order valence-corrected chi connectivity index (χ0v) is 8.85. The molecule has 16 heavy (non-hydrogen) atoms. The number of rotatable bonds is 0. The van der Waals surface area contributed by atoms with Crippen LogP contribution in [-0.2, 0) is 0 Å². The van der Waals surface area contributed by atoms with Crippen LogP contribution in [0.25, 0.3) is 26.1 Å². The van der Waals surface area contributed by atoms with Gasteiger partial charge in [0.1, 0.15) is 22.2 Å². The molecule has 0 bridgehead atoms. The highest BCUT2D eigenvalue weighted by atomic mass is 32.1. The van der Waals surface area contributed by atoms with Crippen molar-refractivity contribution in [3.8, 4) is 0 Å². The standard InChI is InChI=1S/C10H5N5S/c1-2-6-7-8(16-10(6)11-3-1)9-14-13-5-15(9)4-12-7/h1-5H.